The minimum absolute atomic E-state index is 0.0301. The van der Waals surface area contributed by atoms with Gasteiger partial charge in [-0.15, -0.1) is 0 Å². The summed E-state index contributed by atoms with van der Waals surface area (Å²) in [6.07, 6.45) is 3.22. The molecular weight excluding hydrogens is 414 g/mol. The monoisotopic (exact) mass is 439 g/mol. The number of carbonyl (C=O) groups excluding carboxylic acids is 2. The van der Waals surface area contributed by atoms with Crippen molar-refractivity contribution in [3.8, 4) is 0 Å². The second-order valence-corrected chi connectivity index (χ2v) is 8.78. The fourth-order valence-electron chi connectivity index (χ4n) is 3.40. The highest BCUT2D eigenvalue weighted by atomic mass is 32.2. The molecule has 0 saturated heterocycles. The maximum Gasteiger partial charge on any atom is 0.264 e. The third-order valence-electron chi connectivity index (χ3n) is 5.15. The van der Waals surface area contributed by atoms with Gasteiger partial charge < -0.3 is 4.90 Å². The number of benzene rings is 2. The Hall–Kier alpha value is -3.26. The zero-order valence-corrected chi connectivity index (χ0v) is 18.3. The Labute approximate surface area is 182 Å². The van der Waals surface area contributed by atoms with Crippen LogP contribution in [0.25, 0.3) is 10.8 Å². The van der Waals surface area contributed by atoms with Crippen molar-refractivity contribution in [2.45, 2.75) is 25.2 Å². The van der Waals surface area contributed by atoms with Gasteiger partial charge in [-0.05, 0) is 60.9 Å². The lowest BCUT2D eigenvalue weighted by atomic mass is 9.98. The molecule has 0 aliphatic heterocycles. The van der Waals surface area contributed by atoms with Crippen molar-refractivity contribution >= 4 is 32.6 Å². The van der Waals surface area contributed by atoms with E-state index in [1.165, 1.54) is 17.0 Å². The van der Waals surface area contributed by atoms with Crippen molar-refractivity contribution in [3.63, 3.8) is 0 Å². The molecule has 3 aromatic rings. The van der Waals surface area contributed by atoms with Gasteiger partial charge in [-0.2, -0.15) is 0 Å². The van der Waals surface area contributed by atoms with Crippen molar-refractivity contribution in [2.75, 3.05) is 13.1 Å². The number of hydrogen-bond acceptors (Lipinski definition) is 5. The van der Waals surface area contributed by atoms with Gasteiger partial charge in [0.15, 0.2) is 0 Å². The second-order valence-electron chi connectivity index (χ2n) is 7.10. The van der Waals surface area contributed by atoms with Crippen molar-refractivity contribution in [1.82, 2.24) is 14.6 Å². The van der Waals surface area contributed by atoms with E-state index in [1.54, 1.807) is 36.7 Å². The van der Waals surface area contributed by atoms with E-state index >= 15 is 0 Å². The third kappa shape index (κ3) is 5.27. The lowest BCUT2D eigenvalue weighted by Gasteiger charge is -2.24. The van der Waals surface area contributed by atoms with Crippen molar-refractivity contribution in [3.05, 3.63) is 72.6 Å². The van der Waals surface area contributed by atoms with Gasteiger partial charge in [0.25, 0.3) is 10.0 Å². The number of amides is 2. The number of sulfonamides is 1. The van der Waals surface area contributed by atoms with E-state index < -0.39 is 27.8 Å². The molecular formula is C23H25N3O4S. The highest BCUT2D eigenvalue weighted by Crippen LogP contribution is 2.20. The number of carbonyl (C=O) groups is 2. The fraction of sp³-hybridized carbons (Fsp3) is 0.261. The minimum Gasteiger partial charge on any atom is -0.343 e. The summed E-state index contributed by atoms with van der Waals surface area (Å²) in [7, 11) is -4.14. The highest BCUT2D eigenvalue weighted by Gasteiger charge is 2.33. The minimum atomic E-state index is -4.14. The summed E-state index contributed by atoms with van der Waals surface area (Å²) in [5.41, 5.74) is 0.721. The van der Waals surface area contributed by atoms with Gasteiger partial charge >= 0.3 is 0 Å². The van der Waals surface area contributed by atoms with Gasteiger partial charge in [-0.1, -0.05) is 30.3 Å². The largest absolute Gasteiger partial charge is 0.343 e. The summed E-state index contributed by atoms with van der Waals surface area (Å²) >= 11 is 0. The normalized spacial score (nSPS) is 12.3. The van der Waals surface area contributed by atoms with Crippen LogP contribution < -0.4 is 4.72 Å². The van der Waals surface area contributed by atoms with Crippen LogP contribution in [0.3, 0.4) is 0 Å². The smallest absolute Gasteiger partial charge is 0.264 e. The Morgan fingerprint density at radius 1 is 0.968 bits per heavy atom. The number of hydrogen-bond donors (Lipinski definition) is 1. The molecule has 3 rings (SSSR count). The Kier molecular flexibility index (Phi) is 7.02. The maximum absolute atomic E-state index is 13.0. The topological polar surface area (TPSA) is 96.4 Å². The van der Waals surface area contributed by atoms with Crippen LogP contribution in [0.2, 0.25) is 0 Å². The van der Waals surface area contributed by atoms with Crippen LogP contribution in [0, 0.1) is 5.92 Å². The molecule has 1 heterocycles. The molecule has 2 amide bonds. The van der Waals surface area contributed by atoms with Crippen molar-refractivity contribution in [1.29, 1.82) is 0 Å². The molecule has 8 heteroatoms. The summed E-state index contributed by atoms with van der Waals surface area (Å²) < 4.78 is 27.9. The predicted octanol–water partition coefficient (Wildman–Crippen LogP) is 2.77. The van der Waals surface area contributed by atoms with Crippen molar-refractivity contribution in [2.24, 2.45) is 5.92 Å². The molecule has 0 fully saturated rings. The van der Waals surface area contributed by atoms with Crippen LogP contribution in [-0.2, 0) is 26.0 Å². The Bertz CT molecular complexity index is 1180. The summed E-state index contributed by atoms with van der Waals surface area (Å²) in [5, 5.41) is 1.63. The van der Waals surface area contributed by atoms with Crippen LogP contribution in [0.15, 0.2) is 71.9 Å². The van der Waals surface area contributed by atoms with Crippen molar-refractivity contribution < 1.29 is 18.0 Å². The van der Waals surface area contributed by atoms with Crippen LogP contribution >= 0.6 is 0 Å². The molecule has 0 spiro atoms. The molecule has 7 nitrogen and oxygen atoms in total. The number of pyridine rings is 1. The Morgan fingerprint density at radius 2 is 1.61 bits per heavy atom. The fourth-order valence-corrected chi connectivity index (χ4v) is 4.45. The van der Waals surface area contributed by atoms with Gasteiger partial charge in [0.05, 0.1) is 4.90 Å². The molecule has 1 N–H and O–H groups in total. The summed E-state index contributed by atoms with van der Waals surface area (Å²) in [4.78, 5) is 31.5. The summed E-state index contributed by atoms with van der Waals surface area (Å²) in [6.45, 7) is 4.48. The summed E-state index contributed by atoms with van der Waals surface area (Å²) in [6, 6.07) is 15.4. The molecule has 0 radical (unpaired) electrons. The standard InChI is InChI=1S/C23H25N3O4S/c1-3-26(4-2)23(28)21(15-17-11-13-24-14-12-17)22(27)25-31(29,30)20-10-9-18-7-5-6-8-19(18)16-20/h5-14,16,21H,3-4,15H2,1-2H3,(H,25,27). The van der Waals surface area contributed by atoms with E-state index in [0.717, 1.165) is 16.3 Å². The molecule has 1 unspecified atom stereocenters. The second kappa shape index (κ2) is 9.70. The lowest BCUT2D eigenvalue weighted by molar-refractivity contribution is -0.141. The molecule has 0 saturated carbocycles. The molecule has 162 valence electrons. The van der Waals surface area contributed by atoms with E-state index in [2.05, 4.69) is 9.71 Å². The number of rotatable bonds is 8. The Balaban J connectivity index is 1.89. The molecule has 0 aliphatic carbocycles. The first-order valence-electron chi connectivity index (χ1n) is 10.1. The molecule has 31 heavy (non-hydrogen) atoms. The lowest BCUT2D eigenvalue weighted by Crippen LogP contribution is -2.46. The zero-order chi connectivity index (χ0) is 22.4. The zero-order valence-electron chi connectivity index (χ0n) is 17.5. The Morgan fingerprint density at radius 3 is 2.26 bits per heavy atom. The quantitative estimate of drug-likeness (QED) is 0.545. The van der Waals surface area contributed by atoms with Gasteiger partial charge in [0.2, 0.25) is 11.8 Å². The van der Waals surface area contributed by atoms with Crippen LogP contribution in [-0.4, -0.2) is 43.2 Å². The van der Waals surface area contributed by atoms with Crippen LogP contribution in [0.1, 0.15) is 19.4 Å². The average molecular weight is 440 g/mol. The number of fused-ring (bicyclic) bond motifs is 1. The van der Waals surface area contributed by atoms with E-state index in [4.69, 9.17) is 0 Å². The van der Waals surface area contributed by atoms with Crippen LogP contribution in [0.5, 0.6) is 0 Å². The summed E-state index contributed by atoms with van der Waals surface area (Å²) in [5.74, 6) is -2.42. The number of aromatic nitrogens is 1. The SMILES string of the molecule is CCN(CC)C(=O)C(Cc1ccncc1)C(=O)NS(=O)(=O)c1ccc2ccccc2c1. The first-order chi connectivity index (χ1) is 14.9. The molecule has 0 bridgehead atoms. The average Bonchev–Trinajstić information content (AvgIpc) is 2.78. The predicted molar refractivity (Wildman–Crippen MR) is 119 cm³/mol. The third-order valence-corrected chi connectivity index (χ3v) is 6.49. The highest BCUT2D eigenvalue weighted by molar-refractivity contribution is 7.90. The maximum atomic E-state index is 13.0. The van der Waals surface area contributed by atoms with E-state index in [-0.39, 0.29) is 11.3 Å². The first kappa shape index (κ1) is 22.4. The van der Waals surface area contributed by atoms with E-state index in [0.29, 0.717) is 13.1 Å². The van der Waals surface area contributed by atoms with E-state index in [1.807, 2.05) is 32.0 Å². The van der Waals surface area contributed by atoms with Gasteiger partial charge in [-0.3, -0.25) is 14.6 Å². The van der Waals surface area contributed by atoms with Gasteiger partial charge in [0, 0.05) is 25.5 Å². The van der Waals surface area contributed by atoms with Gasteiger partial charge in [0.1, 0.15) is 5.92 Å². The number of nitrogens with one attached hydrogen (secondary N) is 1. The first-order valence-corrected chi connectivity index (χ1v) is 11.6. The van der Waals surface area contributed by atoms with E-state index in [9.17, 15) is 18.0 Å². The number of nitrogens with zero attached hydrogens (tertiary/aromatic N) is 2. The molecule has 2 aromatic carbocycles. The molecule has 1 aromatic heterocycles. The van der Waals surface area contributed by atoms with Gasteiger partial charge in [-0.25, -0.2) is 13.1 Å². The van der Waals surface area contributed by atoms with Crippen LogP contribution in [0.4, 0.5) is 0 Å². The molecule has 1 atom stereocenters. The molecule has 0 aliphatic rings.